The Morgan fingerprint density at radius 2 is 1.26 bits per heavy atom. The van der Waals surface area contributed by atoms with Crippen molar-refractivity contribution in [1.82, 2.24) is 0 Å². The van der Waals surface area contributed by atoms with Crippen LogP contribution in [-0.2, 0) is 0 Å². The maximum absolute atomic E-state index is 8.33. The maximum Gasteiger partial charge on any atom is 4.00 e. The standard InChI is InChI=1S/C10H18.2CH2O3.Pu/c1-3-5-7-9-10-8-6-4-2;2*2-1(3)4;/h3,5,7-10H2,1-2H3;2*(H2,2,3,4);/q;;;+4/p-4. The number of carbonyl (C=O) groups is 2. The molecule has 0 aromatic heterocycles. The molecule has 0 heterocycles. The topological polar surface area (TPSA) is 126 Å². The summed E-state index contributed by atoms with van der Waals surface area (Å²) in [6, 6.07) is 0. The van der Waals surface area contributed by atoms with Crippen LogP contribution in [-0.4, -0.2) is 12.3 Å². The molecule has 0 saturated carbocycles. The van der Waals surface area contributed by atoms with Crippen molar-refractivity contribution >= 4 is 12.3 Å². The smallest absolute Gasteiger partial charge is 0.652 e. The van der Waals surface area contributed by atoms with Crippen molar-refractivity contribution < 1.29 is 59.2 Å². The minimum Gasteiger partial charge on any atom is -0.652 e. The van der Waals surface area contributed by atoms with Gasteiger partial charge in [-0.1, -0.05) is 32.6 Å². The quantitative estimate of drug-likeness (QED) is 0.332. The van der Waals surface area contributed by atoms with E-state index in [1.165, 1.54) is 32.1 Å². The molecule has 0 fully saturated rings. The molecule has 0 amide bonds. The summed E-state index contributed by atoms with van der Waals surface area (Å²) in [4.78, 5) is 16.7. The summed E-state index contributed by atoms with van der Waals surface area (Å²) < 4.78 is 0. The van der Waals surface area contributed by atoms with Crippen LogP contribution in [0.4, 0.5) is 9.59 Å². The van der Waals surface area contributed by atoms with Gasteiger partial charge in [0.2, 0.25) is 0 Å². The molecule has 0 aliphatic carbocycles. The molecule has 0 aliphatic heterocycles. The number of unbranched alkanes of at least 4 members (excludes halogenated alkanes) is 5. The summed E-state index contributed by atoms with van der Waals surface area (Å²) >= 11 is 0. The van der Waals surface area contributed by atoms with Crippen molar-refractivity contribution in [2.45, 2.75) is 52.4 Å². The Morgan fingerprint density at radius 3 is 1.58 bits per heavy atom. The minimum atomic E-state index is -2.33. The Hall–Kier alpha value is -0.913. The second kappa shape index (κ2) is 25.8. The predicted molar refractivity (Wildman–Crippen MR) is 57.6 cm³/mol. The van der Waals surface area contributed by atoms with E-state index in [-0.39, 0.29) is 29.2 Å². The summed E-state index contributed by atoms with van der Waals surface area (Å²) in [5, 5.41) is 33.3. The van der Waals surface area contributed by atoms with Gasteiger partial charge in [0.25, 0.3) is 0 Å². The normalized spacial score (nSPS) is 7.05. The molecule has 19 heavy (non-hydrogen) atoms. The molecule has 108 valence electrons. The van der Waals surface area contributed by atoms with Gasteiger partial charge in [0, 0.05) is 6.42 Å². The molecule has 0 aromatic rings. The Bertz CT molecular complexity index is 237. The summed E-state index contributed by atoms with van der Waals surface area (Å²) in [5.41, 5.74) is 0. The van der Waals surface area contributed by atoms with E-state index in [0.29, 0.717) is 0 Å². The van der Waals surface area contributed by atoms with Gasteiger partial charge < -0.3 is 30.0 Å². The predicted octanol–water partition coefficient (Wildman–Crippen LogP) is -1.52. The van der Waals surface area contributed by atoms with Gasteiger partial charge in [0.15, 0.2) is 0 Å². The molecule has 0 radical (unpaired) electrons. The van der Waals surface area contributed by atoms with Gasteiger partial charge in [-0.05, 0) is 25.7 Å². The summed E-state index contributed by atoms with van der Waals surface area (Å²) in [5.74, 6) is 5.98. The van der Waals surface area contributed by atoms with Gasteiger partial charge in [-0.25, -0.2) is 0 Å². The molecule has 0 N–H and O–H groups in total. The van der Waals surface area contributed by atoms with Crippen LogP contribution in [0.3, 0.4) is 0 Å². The second-order valence-electron chi connectivity index (χ2n) is 3.09. The minimum absolute atomic E-state index is 0. The van der Waals surface area contributed by atoms with Gasteiger partial charge in [0.05, 0.1) is 0 Å². The van der Waals surface area contributed by atoms with Gasteiger partial charge in [0.1, 0.15) is 0 Å². The largest absolute Gasteiger partial charge is 4.00 e. The van der Waals surface area contributed by atoms with Crippen LogP contribution >= 0.6 is 0 Å². The van der Waals surface area contributed by atoms with E-state index in [0.717, 1.165) is 6.42 Å². The van der Waals surface area contributed by atoms with Crippen molar-refractivity contribution in [3.05, 3.63) is 0 Å². The molecule has 0 atom stereocenters. The first-order valence-corrected chi connectivity index (χ1v) is 5.54. The zero-order chi connectivity index (χ0) is 14.8. The Balaban J connectivity index is -0.000000105. The Kier molecular flexibility index (Phi) is 36.2. The van der Waals surface area contributed by atoms with Crippen molar-refractivity contribution in [3.63, 3.8) is 0 Å². The number of carboxylic acid groups (broad SMARTS) is 4. The van der Waals surface area contributed by atoms with Gasteiger partial charge in [-0.3, -0.25) is 0 Å². The molecule has 0 spiro atoms. The molecule has 0 aromatic carbocycles. The fraction of sp³-hybridized carbons (Fsp3) is 0.667. The average Bonchev–Trinajstić information content (AvgIpc) is 2.22. The van der Waals surface area contributed by atoms with E-state index in [2.05, 4.69) is 18.8 Å². The van der Waals surface area contributed by atoms with E-state index < -0.39 is 12.3 Å². The third-order valence-electron chi connectivity index (χ3n) is 1.58. The molecule has 0 unspecified atom stereocenters. The summed E-state index contributed by atoms with van der Waals surface area (Å²) in [7, 11) is 0. The first kappa shape index (κ1) is 26.6. The molecule has 0 saturated heterocycles. The van der Waals surface area contributed by atoms with E-state index >= 15 is 0 Å². The van der Waals surface area contributed by atoms with Crippen LogP contribution < -0.4 is 20.4 Å². The fourth-order valence-electron chi connectivity index (χ4n) is 0.942. The van der Waals surface area contributed by atoms with E-state index in [9.17, 15) is 0 Å². The number of rotatable bonds is 5. The zero-order valence-electron chi connectivity index (χ0n) is 11.1. The van der Waals surface area contributed by atoms with Crippen molar-refractivity contribution in [3.8, 4) is 11.8 Å². The van der Waals surface area contributed by atoms with Crippen molar-refractivity contribution in [2.24, 2.45) is 0 Å². The second-order valence-corrected chi connectivity index (χ2v) is 3.09. The maximum atomic E-state index is 8.33. The fourth-order valence-corrected chi connectivity index (χ4v) is 0.942. The Labute approximate surface area is 135 Å². The zero-order valence-corrected chi connectivity index (χ0v) is 14.5. The molecule has 6 nitrogen and oxygen atoms in total. The SMILES string of the molecule is CC#CCCCCCCC.O=C([O-])[O-].O=C([O-])[O-].[Pu+4]. The van der Waals surface area contributed by atoms with Gasteiger partial charge in [-0.2, -0.15) is 0 Å². The van der Waals surface area contributed by atoms with Crippen LogP contribution in [0.25, 0.3) is 0 Å². The van der Waals surface area contributed by atoms with Crippen molar-refractivity contribution in [1.29, 1.82) is 0 Å². The first-order valence-electron chi connectivity index (χ1n) is 5.54. The molecule has 0 aliphatic rings. The van der Waals surface area contributed by atoms with Gasteiger partial charge in [-0.15, -0.1) is 11.8 Å². The molecule has 0 bridgehead atoms. The number of hydrogen-bond donors (Lipinski definition) is 0. The molecular weight excluding hydrogens is 484 g/mol. The number of hydrogen-bond acceptors (Lipinski definition) is 6. The Morgan fingerprint density at radius 1 is 0.895 bits per heavy atom. The van der Waals surface area contributed by atoms with Crippen LogP contribution in [0.1, 0.15) is 52.4 Å². The van der Waals surface area contributed by atoms with Crippen LogP contribution in [0.15, 0.2) is 0 Å². The average molecular weight is 502 g/mol. The first-order chi connectivity index (χ1) is 8.38. The summed E-state index contributed by atoms with van der Waals surface area (Å²) in [6.07, 6.45) is 3.20. The monoisotopic (exact) mass is 496 g/mol. The van der Waals surface area contributed by atoms with Crippen LogP contribution in [0, 0.1) is 41.0 Å². The van der Waals surface area contributed by atoms with Crippen LogP contribution in [0.2, 0.25) is 0 Å². The van der Waals surface area contributed by atoms with Crippen molar-refractivity contribution in [2.75, 3.05) is 0 Å². The third kappa shape index (κ3) is 105. The molecule has 7 heteroatoms. The summed E-state index contributed by atoms with van der Waals surface area (Å²) in [6.45, 7) is 4.15. The van der Waals surface area contributed by atoms with Crippen LogP contribution in [0.5, 0.6) is 0 Å². The van der Waals surface area contributed by atoms with Gasteiger partial charge >= 0.3 is 29.2 Å². The van der Waals surface area contributed by atoms with E-state index in [4.69, 9.17) is 30.0 Å². The molecule has 0 rings (SSSR count). The van der Waals surface area contributed by atoms with E-state index in [1.807, 2.05) is 6.92 Å². The number of carbonyl (C=O) groups excluding carboxylic acids is 2. The molecular formula is C12H18O6Pu. The third-order valence-corrected chi connectivity index (χ3v) is 1.58. The van der Waals surface area contributed by atoms with E-state index in [1.54, 1.807) is 0 Å².